The summed E-state index contributed by atoms with van der Waals surface area (Å²) in [5.41, 5.74) is 3.11. The molecule has 0 radical (unpaired) electrons. The zero-order valence-electron chi connectivity index (χ0n) is 12.5. The van der Waals surface area contributed by atoms with Gasteiger partial charge in [-0.2, -0.15) is 0 Å². The highest BCUT2D eigenvalue weighted by Gasteiger charge is 2.28. The van der Waals surface area contributed by atoms with Gasteiger partial charge in [-0.05, 0) is 55.7 Å². The summed E-state index contributed by atoms with van der Waals surface area (Å²) < 4.78 is 5.22. The van der Waals surface area contributed by atoms with Crippen molar-refractivity contribution in [3.05, 3.63) is 35.4 Å². The predicted octanol–water partition coefficient (Wildman–Crippen LogP) is 3.05. The molecule has 0 saturated carbocycles. The van der Waals surface area contributed by atoms with Crippen molar-refractivity contribution >= 4 is 0 Å². The van der Waals surface area contributed by atoms with Crippen molar-refractivity contribution in [1.82, 2.24) is 5.32 Å². The number of rotatable bonds is 6. The van der Waals surface area contributed by atoms with E-state index in [-0.39, 0.29) is 0 Å². The highest BCUT2D eigenvalue weighted by atomic mass is 16.5. The van der Waals surface area contributed by atoms with Crippen molar-refractivity contribution in [2.24, 2.45) is 11.8 Å². The van der Waals surface area contributed by atoms with Gasteiger partial charge in [0.2, 0.25) is 0 Å². The van der Waals surface area contributed by atoms with Crippen LogP contribution < -0.4 is 5.32 Å². The molecule has 0 amide bonds. The van der Waals surface area contributed by atoms with Gasteiger partial charge in [0.25, 0.3) is 0 Å². The van der Waals surface area contributed by atoms with E-state index in [0.717, 1.165) is 18.9 Å². The lowest BCUT2D eigenvalue weighted by Gasteiger charge is -2.35. The summed E-state index contributed by atoms with van der Waals surface area (Å²) in [5, 5.41) is 3.56. The molecule has 0 aliphatic heterocycles. The highest BCUT2D eigenvalue weighted by molar-refractivity contribution is 5.30. The third-order valence-corrected chi connectivity index (χ3v) is 4.62. The number of benzene rings is 1. The Morgan fingerprint density at radius 3 is 2.74 bits per heavy atom. The number of methoxy groups -OCH3 is 1. The number of hydrogen-bond donors (Lipinski definition) is 1. The van der Waals surface area contributed by atoms with Gasteiger partial charge in [0.15, 0.2) is 0 Å². The van der Waals surface area contributed by atoms with Crippen LogP contribution in [0.1, 0.15) is 30.9 Å². The Kier molecular flexibility index (Phi) is 5.41. The van der Waals surface area contributed by atoms with Crippen LogP contribution in [0.25, 0.3) is 0 Å². The fraction of sp³-hybridized carbons (Fsp3) is 0.647. The van der Waals surface area contributed by atoms with Gasteiger partial charge in [0, 0.05) is 19.8 Å². The molecular formula is C17H27NO. The minimum atomic E-state index is 0.600. The van der Waals surface area contributed by atoms with E-state index in [1.165, 1.54) is 19.3 Å². The summed E-state index contributed by atoms with van der Waals surface area (Å²) in [6, 6.07) is 9.52. The minimum absolute atomic E-state index is 0.600. The van der Waals surface area contributed by atoms with Crippen LogP contribution in [-0.2, 0) is 17.6 Å². The van der Waals surface area contributed by atoms with E-state index < -0.39 is 0 Å². The Bertz CT molecular complexity index is 391. The topological polar surface area (TPSA) is 21.3 Å². The average Bonchev–Trinajstić information content (AvgIpc) is 2.45. The normalized spacial score (nSPS) is 21.7. The standard InChI is InChI=1S/C17H27NO/c1-13(10-11-19-3)17(18-2)16-9-8-14-6-4-5-7-15(14)12-16/h4-7,13,16-18H,8-12H2,1-3H3. The molecule has 0 aromatic heterocycles. The Labute approximate surface area is 117 Å². The molecule has 3 atom stereocenters. The second-order valence-corrected chi connectivity index (χ2v) is 5.84. The molecule has 19 heavy (non-hydrogen) atoms. The molecule has 2 heteroatoms. The Morgan fingerprint density at radius 1 is 1.32 bits per heavy atom. The van der Waals surface area contributed by atoms with E-state index in [0.29, 0.717) is 12.0 Å². The van der Waals surface area contributed by atoms with Gasteiger partial charge in [-0.15, -0.1) is 0 Å². The van der Waals surface area contributed by atoms with Crippen LogP contribution in [-0.4, -0.2) is 26.8 Å². The average molecular weight is 261 g/mol. The number of hydrogen-bond acceptors (Lipinski definition) is 2. The van der Waals surface area contributed by atoms with E-state index in [1.54, 1.807) is 18.2 Å². The summed E-state index contributed by atoms with van der Waals surface area (Å²) in [5.74, 6) is 1.42. The van der Waals surface area contributed by atoms with Crippen LogP contribution in [0.2, 0.25) is 0 Å². The molecule has 2 rings (SSSR count). The van der Waals surface area contributed by atoms with E-state index >= 15 is 0 Å². The molecule has 1 aliphatic rings. The molecule has 0 bridgehead atoms. The number of fused-ring (bicyclic) bond motifs is 1. The van der Waals surface area contributed by atoms with E-state index in [1.807, 2.05) is 0 Å². The molecule has 1 aromatic rings. The van der Waals surface area contributed by atoms with Crippen LogP contribution in [0.3, 0.4) is 0 Å². The van der Waals surface area contributed by atoms with Crippen LogP contribution in [0.4, 0.5) is 0 Å². The molecule has 0 spiro atoms. The molecule has 106 valence electrons. The fourth-order valence-corrected chi connectivity index (χ4v) is 3.50. The molecule has 0 fully saturated rings. The maximum atomic E-state index is 5.22. The zero-order valence-corrected chi connectivity index (χ0v) is 12.5. The van der Waals surface area contributed by atoms with Crippen molar-refractivity contribution in [3.63, 3.8) is 0 Å². The van der Waals surface area contributed by atoms with Gasteiger partial charge in [-0.1, -0.05) is 31.2 Å². The van der Waals surface area contributed by atoms with Gasteiger partial charge in [-0.25, -0.2) is 0 Å². The molecule has 1 aromatic carbocycles. The first-order valence-corrected chi connectivity index (χ1v) is 7.49. The minimum Gasteiger partial charge on any atom is -0.385 e. The van der Waals surface area contributed by atoms with Crippen LogP contribution in [0.15, 0.2) is 24.3 Å². The van der Waals surface area contributed by atoms with Gasteiger partial charge in [0.05, 0.1) is 0 Å². The van der Waals surface area contributed by atoms with Crippen molar-refractivity contribution in [2.45, 2.75) is 38.6 Å². The van der Waals surface area contributed by atoms with Crippen LogP contribution in [0, 0.1) is 11.8 Å². The Hall–Kier alpha value is -0.860. The first-order valence-electron chi connectivity index (χ1n) is 7.49. The smallest absolute Gasteiger partial charge is 0.0465 e. The molecule has 0 heterocycles. The predicted molar refractivity (Wildman–Crippen MR) is 80.5 cm³/mol. The lowest BCUT2D eigenvalue weighted by atomic mass is 9.76. The molecule has 1 N–H and O–H groups in total. The highest BCUT2D eigenvalue weighted by Crippen LogP contribution is 2.30. The zero-order chi connectivity index (χ0) is 13.7. The van der Waals surface area contributed by atoms with Gasteiger partial charge >= 0.3 is 0 Å². The summed E-state index contributed by atoms with van der Waals surface area (Å²) in [4.78, 5) is 0. The second-order valence-electron chi connectivity index (χ2n) is 5.84. The van der Waals surface area contributed by atoms with Gasteiger partial charge in [0.1, 0.15) is 0 Å². The third-order valence-electron chi connectivity index (χ3n) is 4.62. The monoisotopic (exact) mass is 261 g/mol. The summed E-state index contributed by atoms with van der Waals surface area (Å²) in [6.45, 7) is 3.21. The van der Waals surface area contributed by atoms with Crippen molar-refractivity contribution in [3.8, 4) is 0 Å². The quantitative estimate of drug-likeness (QED) is 0.850. The fourth-order valence-electron chi connectivity index (χ4n) is 3.50. The summed E-state index contributed by atoms with van der Waals surface area (Å²) >= 11 is 0. The molecule has 2 nitrogen and oxygen atoms in total. The third kappa shape index (κ3) is 3.58. The summed E-state index contributed by atoms with van der Waals surface area (Å²) in [7, 11) is 3.90. The largest absolute Gasteiger partial charge is 0.385 e. The Morgan fingerprint density at radius 2 is 2.05 bits per heavy atom. The van der Waals surface area contributed by atoms with Crippen LogP contribution >= 0.6 is 0 Å². The van der Waals surface area contributed by atoms with Gasteiger partial charge in [-0.3, -0.25) is 0 Å². The molecule has 0 saturated heterocycles. The van der Waals surface area contributed by atoms with Crippen molar-refractivity contribution < 1.29 is 4.74 Å². The van der Waals surface area contributed by atoms with E-state index in [4.69, 9.17) is 4.74 Å². The van der Waals surface area contributed by atoms with Crippen molar-refractivity contribution in [1.29, 1.82) is 0 Å². The van der Waals surface area contributed by atoms with E-state index in [2.05, 4.69) is 43.6 Å². The molecular weight excluding hydrogens is 234 g/mol. The SMILES string of the molecule is CNC(C(C)CCOC)C1CCc2ccccc2C1. The first kappa shape index (κ1) is 14.5. The lowest BCUT2D eigenvalue weighted by Crippen LogP contribution is -2.42. The number of ether oxygens (including phenoxy) is 1. The van der Waals surface area contributed by atoms with Crippen molar-refractivity contribution in [2.75, 3.05) is 20.8 Å². The molecule has 3 unspecified atom stereocenters. The van der Waals surface area contributed by atoms with Crippen LogP contribution in [0.5, 0.6) is 0 Å². The first-order chi connectivity index (χ1) is 9.26. The second kappa shape index (κ2) is 7.06. The summed E-state index contributed by atoms with van der Waals surface area (Å²) in [6.07, 6.45) is 4.90. The number of nitrogens with one attached hydrogen (secondary N) is 1. The maximum Gasteiger partial charge on any atom is 0.0465 e. The van der Waals surface area contributed by atoms with E-state index in [9.17, 15) is 0 Å². The number of aryl methyl sites for hydroxylation is 1. The van der Waals surface area contributed by atoms with Gasteiger partial charge < -0.3 is 10.1 Å². The molecule has 1 aliphatic carbocycles. The lowest BCUT2D eigenvalue weighted by molar-refractivity contribution is 0.156. The Balaban J connectivity index is 2.01. The maximum absolute atomic E-state index is 5.22.